The SMILES string of the molecule is Cc1cccc(C)c1NC(=O)CNC(=O)c1sc(-c2cccs2)nc1C. The normalized spacial score (nSPS) is 10.6. The molecule has 0 aliphatic carbocycles. The second-order valence-corrected chi connectivity index (χ2v) is 7.86. The number of hydrogen-bond donors (Lipinski definition) is 2. The average Bonchev–Trinajstić information content (AvgIpc) is 3.25. The summed E-state index contributed by atoms with van der Waals surface area (Å²) < 4.78 is 0. The summed E-state index contributed by atoms with van der Waals surface area (Å²) in [6.45, 7) is 5.60. The third kappa shape index (κ3) is 4.00. The molecule has 0 bridgehead atoms. The third-order valence-corrected chi connectivity index (χ3v) is 6.09. The second-order valence-electron chi connectivity index (χ2n) is 5.91. The first-order chi connectivity index (χ1) is 12.5. The molecule has 3 aromatic rings. The van der Waals surface area contributed by atoms with Crippen LogP contribution in [-0.2, 0) is 4.79 Å². The van der Waals surface area contributed by atoms with Gasteiger partial charge in [-0.1, -0.05) is 24.3 Å². The van der Waals surface area contributed by atoms with Crippen LogP contribution in [0, 0.1) is 20.8 Å². The van der Waals surface area contributed by atoms with Gasteiger partial charge in [-0.15, -0.1) is 22.7 Å². The second kappa shape index (κ2) is 7.80. The number of carbonyl (C=O) groups excluding carboxylic acids is 2. The van der Waals surface area contributed by atoms with Crippen LogP contribution in [0.5, 0.6) is 0 Å². The first-order valence-electron chi connectivity index (χ1n) is 8.11. The van der Waals surface area contributed by atoms with Crippen molar-refractivity contribution in [2.24, 2.45) is 0 Å². The van der Waals surface area contributed by atoms with Gasteiger partial charge in [0.15, 0.2) is 0 Å². The van der Waals surface area contributed by atoms with E-state index in [4.69, 9.17) is 0 Å². The number of carbonyl (C=O) groups is 2. The fourth-order valence-corrected chi connectivity index (χ4v) is 4.33. The Morgan fingerprint density at radius 1 is 1.08 bits per heavy atom. The van der Waals surface area contributed by atoms with Crippen LogP contribution in [-0.4, -0.2) is 23.3 Å². The molecule has 5 nitrogen and oxygen atoms in total. The van der Waals surface area contributed by atoms with E-state index in [0.717, 1.165) is 26.7 Å². The van der Waals surface area contributed by atoms with Crippen molar-refractivity contribution >= 4 is 40.2 Å². The van der Waals surface area contributed by atoms with E-state index >= 15 is 0 Å². The maximum absolute atomic E-state index is 12.4. The number of para-hydroxylation sites is 1. The number of benzene rings is 1. The Labute approximate surface area is 160 Å². The molecule has 2 N–H and O–H groups in total. The molecule has 3 rings (SSSR count). The zero-order chi connectivity index (χ0) is 18.7. The highest BCUT2D eigenvalue weighted by Gasteiger charge is 2.17. The Balaban J connectivity index is 1.63. The summed E-state index contributed by atoms with van der Waals surface area (Å²) in [5, 5.41) is 8.34. The lowest BCUT2D eigenvalue weighted by molar-refractivity contribution is -0.115. The van der Waals surface area contributed by atoms with Crippen LogP contribution in [0.25, 0.3) is 9.88 Å². The van der Waals surface area contributed by atoms with Crippen LogP contribution < -0.4 is 10.6 Å². The predicted octanol–water partition coefficient (Wildman–Crippen LogP) is 4.17. The van der Waals surface area contributed by atoms with Crippen LogP contribution in [0.15, 0.2) is 35.7 Å². The minimum atomic E-state index is -0.278. The van der Waals surface area contributed by atoms with E-state index in [0.29, 0.717) is 10.6 Å². The summed E-state index contributed by atoms with van der Waals surface area (Å²) in [6.07, 6.45) is 0. The van der Waals surface area contributed by atoms with Gasteiger partial charge in [-0.25, -0.2) is 4.98 Å². The van der Waals surface area contributed by atoms with Crippen molar-refractivity contribution in [3.63, 3.8) is 0 Å². The number of nitrogens with one attached hydrogen (secondary N) is 2. The van der Waals surface area contributed by atoms with E-state index in [2.05, 4.69) is 15.6 Å². The monoisotopic (exact) mass is 385 g/mol. The zero-order valence-electron chi connectivity index (χ0n) is 14.8. The predicted molar refractivity (Wildman–Crippen MR) is 107 cm³/mol. The molecule has 134 valence electrons. The fourth-order valence-electron chi connectivity index (χ4n) is 2.55. The van der Waals surface area contributed by atoms with Crippen LogP contribution in [0.2, 0.25) is 0 Å². The number of thiophene rings is 1. The number of amides is 2. The van der Waals surface area contributed by atoms with Crippen LogP contribution in [0.4, 0.5) is 5.69 Å². The molecule has 0 aliphatic heterocycles. The van der Waals surface area contributed by atoms with Gasteiger partial charge in [-0.3, -0.25) is 9.59 Å². The first kappa shape index (κ1) is 18.3. The fraction of sp³-hybridized carbons (Fsp3) is 0.211. The van der Waals surface area contributed by atoms with Crippen molar-refractivity contribution < 1.29 is 9.59 Å². The Bertz CT molecular complexity index is 926. The smallest absolute Gasteiger partial charge is 0.263 e. The highest BCUT2D eigenvalue weighted by molar-refractivity contribution is 7.22. The quantitative estimate of drug-likeness (QED) is 0.693. The molecular formula is C19H19N3O2S2. The van der Waals surface area contributed by atoms with Crippen molar-refractivity contribution in [3.05, 3.63) is 57.4 Å². The van der Waals surface area contributed by atoms with Crippen molar-refractivity contribution in [2.75, 3.05) is 11.9 Å². The Morgan fingerprint density at radius 2 is 1.81 bits per heavy atom. The summed E-state index contributed by atoms with van der Waals surface area (Å²) in [5.41, 5.74) is 3.44. The van der Waals surface area contributed by atoms with E-state index in [9.17, 15) is 9.59 Å². The summed E-state index contributed by atoms with van der Waals surface area (Å²) in [5.74, 6) is -0.532. The first-order valence-corrected chi connectivity index (χ1v) is 9.81. The highest BCUT2D eigenvalue weighted by Crippen LogP contribution is 2.30. The average molecular weight is 386 g/mol. The number of aryl methyl sites for hydroxylation is 3. The van der Waals surface area contributed by atoms with Crippen LogP contribution >= 0.6 is 22.7 Å². The lowest BCUT2D eigenvalue weighted by atomic mass is 10.1. The van der Waals surface area contributed by atoms with E-state index in [1.165, 1.54) is 11.3 Å². The highest BCUT2D eigenvalue weighted by atomic mass is 32.1. The molecule has 0 radical (unpaired) electrons. The number of hydrogen-bond acceptors (Lipinski definition) is 5. The molecule has 2 aromatic heterocycles. The van der Waals surface area contributed by atoms with E-state index < -0.39 is 0 Å². The van der Waals surface area contributed by atoms with Gasteiger partial charge in [0, 0.05) is 5.69 Å². The van der Waals surface area contributed by atoms with Gasteiger partial charge >= 0.3 is 0 Å². The Kier molecular flexibility index (Phi) is 5.49. The molecule has 0 saturated carbocycles. The van der Waals surface area contributed by atoms with E-state index in [1.54, 1.807) is 18.3 Å². The topological polar surface area (TPSA) is 71.1 Å². The lowest BCUT2D eigenvalue weighted by Gasteiger charge is -2.11. The molecule has 7 heteroatoms. The van der Waals surface area contributed by atoms with Crippen LogP contribution in [0.1, 0.15) is 26.5 Å². The molecule has 1 aromatic carbocycles. The van der Waals surface area contributed by atoms with Gasteiger partial charge in [-0.2, -0.15) is 0 Å². The largest absolute Gasteiger partial charge is 0.342 e. The zero-order valence-corrected chi connectivity index (χ0v) is 16.4. The van der Waals surface area contributed by atoms with Crippen molar-refractivity contribution in [2.45, 2.75) is 20.8 Å². The third-order valence-electron chi connectivity index (χ3n) is 3.89. The number of anilines is 1. The molecule has 0 atom stereocenters. The maximum Gasteiger partial charge on any atom is 0.263 e. The van der Waals surface area contributed by atoms with Crippen molar-refractivity contribution in [3.8, 4) is 9.88 Å². The molecule has 2 heterocycles. The van der Waals surface area contributed by atoms with Gasteiger partial charge in [0.1, 0.15) is 9.88 Å². The van der Waals surface area contributed by atoms with Gasteiger partial charge < -0.3 is 10.6 Å². The number of nitrogens with zero attached hydrogens (tertiary/aromatic N) is 1. The molecular weight excluding hydrogens is 366 g/mol. The van der Waals surface area contributed by atoms with Crippen LogP contribution in [0.3, 0.4) is 0 Å². The molecule has 0 spiro atoms. The van der Waals surface area contributed by atoms with Crippen molar-refractivity contribution in [1.82, 2.24) is 10.3 Å². The molecule has 0 fully saturated rings. The molecule has 0 saturated heterocycles. The molecule has 2 amide bonds. The van der Waals surface area contributed by atoms with E-state index in [1.807, 2.05) is 49.6 Å². The Hall–Kier alpha value is -2.51. The minimum absolute atomic E-state index is 0.0850. The van der Waals surface area contributed by atoms with E-state index in [-0.39, 0.29) is 18.4 Å². The van der Waals surface area contributed by atoms with Gasteiger partial charge in [0.05, 0.1) is 17.1 Å². The summed E-state index contributed by atoms with van der Waals surface area (Å²) in [6, 6.07) is 9.75. The maximum atomic E-state index is 12.4. The summed E-state index contributed by atoms with van der Waals surface area (Å²) >= 11 is 2.93. The lowest BCUT2D eigenvalue weighted by Crippen LogP contribution is -2.33. The molecule has 0 unspecified atom stereocenters. The van der Waals surface area contributed by atoms with Gasteiger partial charge in [0.25, 0.3) is 5.91 Å². The van der Waals surface area contributed by atoms with Crippen molar-refractivity contribution in [1.29, 1.82) is 0 Å². The summed E-state index contributed by atoms with van der Waals surface area (Å²) in [7, 11) is 0. The summed E-state index contributed by atoms with van der Waals surface area (Å²) in [4.78, 5) is 30.6. The molecule has 0 aliphatic rings. The number of aromatic nitrogens is 1. The number of thiazole rings is 1. The Morgan fingerprint density at radius 3 is 2.46 bits per heavy atom. The number of rotatable bonds is 5. The standard InChI is InChI=1S/C19H19N3O2S2/c1-11-6-4-7-12(2)16(11)22-15(23)10-20-18(24)17-13(3)21-19(26-17)14-8-5-9-25-14/h4-9H,10H2,1-3H3,(H,20,24)(H,22,23). The van der Waals surface area contributed by atoms with Gasteiger partial charge in [0.2, 0.25) is 5.91 Å². The minimum Gasteiger partial charge on any atom is -0.342 e. The molecule has 26 heavy (non-hydrogen) atoms. The van der Waals surface area contributed by atoms with Gasteiger partial charge in [-0.05, 0) is 43.3 Å².